The molecule has 19 heavy (non-hydrogen) atoms. The van der Waals surface area contributed by atoms with Crippen molar-refractivity contribution < 1.29 is 9.90 Å². The molecule has 2 N–H and O–H groups in total. The Bertz CT molecular complexity index is 555. The van der Waals surface area contributed by atoms with Crippen LogP contribution in [-0.2, 0) is 0 Å². The number of benzene rings is 1. The van der Waals surface area contributed by atoms with Gasteiger partial charge in [0.1, 0.15) is 5.82 Å². The fourth-order valence-corrected chi connectivity index (χ4v) is 1.93. The van der Waals surface area contributed by atoms with Gasteiger partial charge in [-0.3, -0.25) is 0 Å². The van der Waals surface area contributed by atoms with E-state index in [1.807, 2.05) is 30.3 Å². The summed E-state index contributed by atoms with van der Waals surface area (Å²) in [7, 11) is 0. The third kappa shape index (κ3) is 3.31. The Kier molecular flexibility index (Phi) is 4.13. The van der Waals surface area contributed by atoms with E-state index in [4.69, 9.17) is 5.11 Å². The van der Waals surface area contributed by atoms with Gasteiger partial charge < -0.3 is 10.4 Å². The van der Waals surface area contributed by atoms with Gasteiger partial charge in [-0.1, -0.05) is 37.3 Å². The lowest BCUT2D eigenvalue weighted by Crippen LogP contribution is -2.11. The smallest absolute Gasteiger partial charge is 0.335 e. The summed E-state index contributed by atoms with van der Waals surface area (Å²) < 4.78 is 0. The van der Waals surface area contributed by atoms with E-state index >= 15 is 0 Å². The molecular formula is C15H16N2O2. The number of aromatic carboxylic acids is 1. The van der Waals surface area contributed by atoms with Crippen molar-refractivity contribution in [3.63, 3.8) is 0 Å². The molecule has 0 spiro atoms. The van der Waals surface area contributed by atoms with Crippen molar-refractivity contribution in [1.82, 2.24) is 4.98 Å². The second kappa shape index (κ2) is 6.00. The molecule has 0 saturated carbocycles. The van der Waals surface area contributed by atoms with E-state index in [2.05, 4.69) is 17.2 Å². The molecule has 0 fully saturated rings. The van der Waals surface area contributed by atoms with Crippen LogP contribution in [0.1, 0.15) is 35.3 Å². The van der Waals surface area contributed by atoms with Gasteiger partial charge in [0, 0.05) is 6.20 Å². The first kappa shape index (κ1) is 13.1. The maximum absolute atomic E-state index is 10.9. The lowest BCUT2D eigenvalue weighted by atomic mass is 10.0. The Hall–Kier alpha value is -2.36. The van der Waals surface area contributed by atoms with Gasteiger partial charge in [0.2, 0.25) is 0 Å². The van der Waals surface area contributed by atoms with Crippen molar-refractivity contribution in [3.05, 3.63) is 59.8 Å². The number of nitrogens with zero attached hydrogens (tertiary/aromatic N) is 1. The van der Waals surface area contributed by atoms with E-state index in [-0.39, 0.29) is 11.6 Å². The number of aromatic nitrogens is 1. The van der Waals surface area contributed by atoms with Crippen molar-refractivity contribution in [1.29, 1.82) is 0 Å². The maximum Gasteiger partial charge on any atom is 0.335 e. The van der Waals surface area contributed by atoms with Crippen LogP contribution in [0.2, 0.25) is 0 Å². The summed E-state index contributed by atoms with van der Waals surface area (Å²) in [6.07, 6.45) is 2.40. The number of anilines is 1. The van der Waals surface area contributed by atoms with Crippen molar-refractivity contribution >= 4 is 11.8 Å². The molecular weight excluding hydrogens is 240 g/mol. The molecule has 1 unspecified atom stereocenters. The topological polar surface area (TPSA) is 62.2 Å². The summed E-state index contributed by atoms with van der Waals surface area (Å²) in [4.78, 5) is 15.1. The zero-order valence-electron chi connectivity index (χ0n) is 10.7. The Morgan fingerprint density at radius 3 is 2.68 bits per heavy atom. The lowest BCUT2D eigenvalue weighted by molar-refractivity contribution is 0.0697. The highest BCUT2D eigenvalue weighted by atomic mass is 16.4. The first-order valence-corrected chi connectivity index (χ1v) is 6.21. The average Bonchev–Trinajstić information content (AvgIpc) is 2.46. The van der Waals surface area contributed by atoms with Crippen LogP contribution < -0.4 is 5.32 Å². The molecule has 1 aromatic carbocycles. The molecule has 1 aromatic heterocycles. The zero-order valence-corrected chi connectivity index (χ0v) is 10.7. The molecule has 1 heterocycles. The Morgan fingerprint density at radius 1 is 1.32 bits per heavy atom. The van der Waals surface area contributed by atoms with E-state index in [1.165, 1.54) is 12.3 Å². The standard InChI is InChI=1S/C15H16N2O2/c1-2-13(11-6-4-3-5-7-11)17-14-10-12(15(18)19)8-9-16-14/h3-10,13H,2H2,1H3,(H,16,17)(H,18,19). The highest BCUT2D eigenvalue weighted by Gasteiger charge is 2.10. The van der Waals surface area contributed by atoms with Gasteiger partial charge in [-0.05, 0) is 24.1 Å². The number of carboxylic acids is 1. The predicted molar refractivity (Wildman–Crippen MR) is 74.3 cm³/mol. The van der Waals surface area contributed by atoms with Crippen LogP contribution in [0.5, 0.6) is 0 Å². The first-order valence-electron chi connectivity index (χ1n) is 6.21. The number of hydrogen-bond acceptors (Lipinski definition) is 3. The fraction of sp³-hybridized carbons (Fsp3) is 0.200. The number of carboxylic acid groups (broad SMARTS) is 1. The molecule has 0 aliphatic heterocycles. The second-order valence-corrected chi connectivity index (χ2v) is 4.25. The molecule has 0 radical (unpaired) electrons. The summed E-state index contributed by atoms with van der Waals surface area (Å²) in [5.74, 6) is -0.367. The minimum atomic E-state index is -0.946. The van der Waals surface area contributed by atoms with Crippen LogP contribution in [0.25, 0.3) is 0 Å². The van der Waals surface area contributed by atoms with Gasteiger partial charge in [0.25, 0.3) is 0 Å². The van der Waals surface area contributed by atoms with Crippen molar-refractivity contribution in [2.24, 2.45) is 0 Å². The average molecular weight is 256 g/mol. The van der Waals surface area contributed by atoms with Crippen molar-refractivity contribution in [2.45, 2.75) is 19.4 Å². The van der Waals surface area contributed by atoms with Crippen LogP contribution in [0.15, 0.2) is 48.7 Å². The third-order valence-electron chi connectivity index (χ3n) is 2.94. The molecule has 0 bridgehead atoms. The predicted octanol–water partition coefficient (Wildman–Crippen LogP) is 3.34. The van der Waals surface area contributed by atoms with E-state index in [9.17, 15) is 4.79 Å². The van der Waals surface area contributed by atoms with Gasteiger partial charge in [0.05, 0.1) is 11.6 Å². The summed E-state index contributed by atoms with van der Waals surface area (Å²) in [6.45, 7) is 2.08. The maximum atomic E-state index is 10.9. The number of rotatable bonds is 5. The van der Waals surface area contributed by atoms with Crippen LogP contribution in [0, 0.1) is 0 Å². The van der Waals surface area contributed by atoms with Crippen LogP contribution in [0.4, 0.5) is 5.82 Å². The monoisotopic (exact) mass is 256 g/mol. The van der Waals surface area contributed by atoms with Gasteiger partial charge in [-0.2, -0.15) is 0 Å². The second-order valence-electron chi connectivity index (χ2n) is 4.25. The Morgan fingerprint density at radius 2 is 2.05 bits per heavy atom. The number of pyridine rings is 1. The van der Waals surface area contributed by atoms with Crippen LogP contribution in [0.3, 0.4) is 0 Å². The summed E-state index contributed by atoms with van der Waals surface area (Å²) in [5, 5.41) is 12.2. The van der Waals surface area contributed by atoms with E-state index in [0.717, 1.165) is 12.0 Å². The number of carbonyl (C=O) groups is 1. The summed E-state index contributed by atoms with van der Waals surface area (Å²) in [6, 6.07) is 13.2. The van der Waals surface area contributed by atoms with Gasteiger partial charge >= 0.3 is 5.97 Å². The number of hydrogen-bond donors (Lipinski definition) is 2. The molecule has 0 aliphatic rings. The van der Waals surface area contributed by atoms with Gasteiger partial charge in [-0.25, -0.2) is 9.78 Å². The summed E-state index contributed by atoms with van der Waals surface area (Å²) >= 11 is 0. The molecule has 0 aliphatic carbocycles. The number of nitrogens with one attached hydrogen (secondary N) is 1. The molecule has 1 atom stereocenters. The molecule has 2 aromatic rings. The van der Waals surface area contributed by atoms with Crippen molar-refractivity contribution in [2.75, 3.05) is 5.32 Å². The quantitative estimate of drug-likeness (QED) is 0.861. The van der Waals surface area contributed by atoms with E-state index < -0.39 is 5.97 Å². The van der Waals surface area contributed by atoms with E-state index in [1.54, 1.807) is 6.07 Å². The molecule has 4 nitrogen and oxygen atoms in total. The molecule has 0 saturated heterocycles. The van der Waals surface area contributed by atoms with Crippen LogP contribution >= 0.6 is 0 Å². The van der Waals surface area contributed by atoms with Crippen LogP contribution in [-0.4, -0.2) is 16.1 Å². The minimum absolute atomic E-state index is 0.123. The van der Waals surface area contributed by atoms with Gasteiger partial charge in [-0.15, -0.1) is 0 Å². The summed E-state index contributed by atoms with van der Waals surface area (Å²) in [5.41, 5.74) is 1.40. The third-order valence-corrected chi connectivity index (χ3v) is 2.94. The fourth-order valence-electron chi connectivity index (χ4n) is 1.93. The lowest BCUT2D eigenvalue weighted by Gasteiger charge is -2.18. The highest BCUT2D eigenvalue weighted by Crippen LogP contribution is 2.21. The molecule has 0 amide bonds. The Labute approximate surface area is 112 Å². The Balaban J connectivity index is 2.19. The van der Waals surface area contributed by atoms with Gasteiger partial charge in [0.15, 0.2) is 0 Å². The zero-order chi connectivity index (χ0) is 13.7. The normalized spacial score (nSPS) is 11.8. The largest absolute Gasteiger partial charge is 0.478 e. The molecule has 2 rings (SSSR count). The minimum Gasteiger partial charge on any atom is -0.478 e. The first-order chi connectivity index (χ1) is 9.20. The SMILES string of the molecule is CCC(Nc1cc(C(=O)O)ccn1)c1ccccc1. The van der Waals surface area contributed by atoms with E-state index in [0.29, 0.717) is 5.82 Å². The molecule has 98 valence electrons. The van der Waals surface area contributed by atoms with Crippen molar-refractivity contribution in [3.8, 4) is 0 Å². The molecule has 4 heteroatoms. The highest BCUT2D eigenvalue weighted by molar-refractivity contribution is 5.88.